The molecule has 2 aromatic carbocycles. The number of ether oxygens (including phenoxy) is 1. The number of hydrogen-bond acceptors (Lipinski definition) is 5. The van der Waals surface area contributed by atoms with Gasteiger partial charge in [0, 0.05) is 12.6 Å². The predicted molar refractivity (Wildman–Crippen MR) is 98.9 cm³/mol. The maximum atomic E-state index is 12.8. The molecular weight excluding hydrogens is 330 g/mol. The van der Waals surface area contributed by atoms with Crippen molar-refractivity contribution in [3.63, 3.8) is 0 Å². The van der Waals surface area contributed by atoms with Crippen molar-refractivity contribution < 1.29 is 14.1 Å². The average Bonchev–Trinajstić information content (AvgIpc) is 3.07. The molecule has 0 saturated heterocycles. The van der Waals surface area contributed by atoms with Crippen molar-refractivity contribution in [2.24, 2.45) is 0 Å². The van der Waals surface area contributed by atoms with Crippen LogP contribution in [0.25, 0.3) is 0 Å². The number of hydrogen-bond donors (Lipinski definition) is 2. The van der Waals surface area contributed by atoms with Gasteiger partial charge in [-0.1, -0.05) is 47.6 Å². The zero-order chi connectivity index (χ0) is 18.4. The Bertz CT molecular complexity index is 862. The third-order valence-corrected chi connectivity index (χ3v) is 3.92. The van der Waals surface area contributed by atoms with Crippen LogP contribution < -0.4 is 15.4 Å². The van der Waals surface area contributed by atoms with Gasteiger partial charge in [0.1, 0.15) is 17.6 Å². The van der Waals surface area contributed by atoms with Crippen LogP contribution in [0, 0.1) is 6.92 Å². The number of rotatable bonds is 7. The molecular formula is C20H21N3O3. The molecule has 1 heterocycles. The van der Waals surface area contributed by atoms with E-state index in [1.807, 2.05) is 54.6 Å². The summed E-state index contributed by atoms with van der Waals surface area (Å²) < 4.78 is 10.3. The molecule has 1 atom stereocenters. The second kappa shape index (κ2) is 8.31. The molecule has 0 radical (unpaired) electrons. The van der Waals surface area contributed by atoms with E-state index < -0.39 is 6.04 Å². The van der Waals surface area contributed by atoms with Gasteiger partial charge in [-0.05, 0) is 30.2 Å². The minimum Gasteiger partial charge on any atom is -0.497 e. The van der Waals surface area contributed by atoms with Crippen LogP contribution in [-0.4, -0.2) is 18.2 Å². The quantitative estimate of drug-likeness (QED) is 0.682. The van der Waals surface area contributed by atoms with Crippen molar-refractivity contribution >= 4 is 11.7 Å². The van der Waals surface area contributed by atoms with Crippen molar-refractivity contribution in [3.8, 4) is 5.75 Å². The lowest BCUT2D eigenvalue weighted by Crippen LogP contribution is -2.32. The van der Waals surface area contributed by atoms with Crippen molar-refractivity contribution in [1.82, 2.24) is 10.5 Å². The topological polar surface area (TPSA) is 76.4 Å². The van der Waals surface area contributed by atoms with Gasteiger partial charge in [0.05, 0.1) is 7.11 Å². The van der Waals surface area contributed by atoms with E-state index in [4.69, 9.17) is 9.26 Å². The van der Waals surface area contributed by atoms with Crippen LogP contribution in [0.5, 0.6) is 5.75 Å². The Labute approximate surface area is 152 Å². The van der Waals surface area contributed by atoms with Crippen LogP contribution in [0.15, 0.2) is 65.2 Å². The van der Waals surface area contributed by atoms with E-state index in [9.17, 15) is 4.79 Å². The Balaban J connectivity index is 1.75. The van der Waals surface area contributed by atoms with E-state index in [0.717, 1.165) is 16.9 Å². The molecule has 3 aromatic rings. The van der Waals surface area contributed by atoms with E-state index >= 15 is 0 Å². The summed E-state index contributed by atoms with van der Waals surface area (Å²) in [7, 11) is 1.63. The van der Waals surface area contributed by atoms with Crippen molar-refractivity contribution in [1.29, 1.82) is 0 Å². The lowest BCUT2D eigenvalue weighted by molar-refractivity contribution is -0.118. The van der Waals surface area contributed by atoms with Gasteiger partial charge in [0.15, 0.2) is 5.82 Å². The van der Waals surface area contributed by atoms with E-state index in [-0.39, 0.29) is 5.91 Å². The predicted octanol–water partition coefficient (Wildman–Crippen LogP) is 3.46. The Kier molecular flexibility index (Phi) is 5.66. The van der Waals surface area contributed by atoms with Crippen LogP contribution in [-0.2, 0) is 11.3 Å². The van der Waals surface area contributed by atoms with Crippen LogP contribution in [0.2, 0.25) is 0 Å². The molecule has 2 N–H and O–H groups in total. The van der Waals surface area contributed by atoms with Gasteiger partial charge >= 0.3 is 0 Å². The summed E-state index contributed by atoms with van der Waals surface area (Å²) in [6.45, 7) is 2.29. The van der Waals surface area contributed by atoms with Crippen molar-refractivity contribution in [2.75, 3.05) is 12.4 Å². The summed E-state index contributed by atoms with van der Waals surface area (Å²) in [4.78, 5) is 12.8. The van der Waals surface area contributed by atoms with Gasteiger partial charge in [-0.3, -0.25) is 10.1 Å². The minimum absolute atomic E-state index is 0.201. The maximum Gasteiger partial charge on any atom is 0.247 e. The molecule has 0 aliphatic carbocycles. The largest absolute Gasteiger partial charge is 0.497 e. The van der Waals surface area contributed by atoms with E-state index in [0.29, 0.717) is 18.1 Å². The molecule has 0 fully saturated rings. The molecule has 0 saturated carbocycles. The molecule has 3 rings (SSSR count). The highest BCUT2D eigenvalue weighted by Gasteiger charge is 2.21. The molecule has 6 nitrogen and oxygen atoms in total. The van der Waals surface area contributed by atoms with Gasteiger partial charge < -0.3 is 14.6 Å². The summed E-state index contributed by atoms with van der Waals surface area (Å²) in [6.07, 6.45) is 0. The highest BCUT2D eigenvalue weighted by molar-refractivity contribution is 5.94. The van der Waals surface area contributed by atoms with Crippen molar-refractivity contribution in [3.05, 3.63) is 77.6 Å². The third-order valence-electron chi connectivity index (χ3n) is 3.92. The first-order valence-corrected chi connectivity index (χ1v) is 8.31. The average molecular weight is 351 g/mol. The van der Waals surface area contributed by atoms with Gasteiger partial charge in [0.2, 0.25) is 5.91 Å². The van der Waals surface area contributed by atoms with E-state index in [2.05, 4.69) is 15.8 Å². The molecule has 1 aromatic heterocycles. The molecule has 0 bridgehead atoms. The number of carbonyl (C=O) groups excluding carboxylic acids is 1. The number of benzene rings is 2. The smallest absolute Gasteiger partial charge is 0.247 e. The van der Waals surface area contributed by atoms with Crippen molar-refractivity contribution in [2.45, 2.75) is 19.5 Å². The summed E-state index contributed by atoms with van der Waals surface area (Å²) in [6, 6.07) is 18.4. The number of methoxy groups -OCH3 is 1. The van der Waals surface area contributed by atoms with Gasteiger partial charge in [-0.2, -0.15) is 0 Å². The number of anilines is 1. The van der Waals surface area contributed by atoms with Gasteiger partial charge in [-0.15, -0.1) is 0 Å². The normalized spacial score (nSPS) is 11.8. The zero-order valence-electron chi connectivity index (χ0n) is 14.7. The maximum absolute atomic E-state index is 12.8. The van der Waals surface area contributed by atoms with E-state index in [1.165, 1.54) is 0 Å². The zero-order valence-corrected chi connectivity index (χ0v) is 14.7. The Morgan fingerprint density at radius 1 is 1.15 bits per heavy atom. The summed E-state index contributed by atoms with van der Waals surface area (Å²) in [5, 5.41) is 9.92. The van der Waals surface area contributed by atoms with Crippen LogP contribution in [0.1, 0.15) is 22.9 Å². The fourth-order valence-electron chi connectivity index (χ4n) is 2.63. The summed E-state index contributed by atoms with van der Waals surface area (Å²) in [5.41, 5.74) is 1.89. The molecule has 1 amide bonds. The third kappa shape index (κ3) is 4.49. The minimum atomic E-state index is -0.528. The van der Waals surface area contributed by atoms with Crippen LogP contribution >= 0.6 is 0 Å². The fraction of sp³-hybridized carbons (Fsp3) is 0.200. The first-order valence-electron chi connectivity index (χ1n) is 8.31. The fourth-order valence-corrected chi connectivity index (χ4v) is 2.63. The molecule has 0 aliphatic rings. The Hall–Kier alpha value is -3.12. The van der Waals surface area contributed by atoms with E-state index in [1.54, 1.807) is 20.1 Å². The molecule has 6 heteroatoms. The first-order chi connectivity index (χ1) is 12.7. The SMILES string of the molecule is COc1cccc(CNC(C(=O)Nc2cc(C)on2)c2ccccc2)c1. The van der Waals surface area contributed by atoms with Gasteiger partial charge in [0.25, 0.3) is 0 Å². The Morgan fingerprint density at radius 2 is 1.96 bits per heavy atom. The number of amides is 1. The Morgan fingerprint density at radius 3 is 2.65 bits per heavy atom. The highest BCUT2D eigenvalue weighted by atomic mass is 16.5. The number of nitrogens with zero attached hydrogens (tertiary/aromatic N) is 1. The first kappa shape index (κ1) is 17.7. The molecule has 0 spiro atoms. The molecule has 134 valence electrons. The number of aryl methyl sites for hydroxylation is 1. The second-order valence-corrected chi connectivity index (χ2v) is 5.89. The molecule has 1 unspecified atom stereocenters. The van der Waals surface area contributed by atoms with Crippen LogP contribution in [0.4, 0.5) is 5.82 Å². The number of aromatic nitrogens is 1. The molecule has 0 aliphatic heterocycles. The summed E-state index contributed by atoms with van der Waals surface area (Å²) in [5.74, 6) is 1.62. The lowest BCUT2D eigenvalue weighted by atomic mass is 10.1. The monoisotopic (exact) mass is 351 g/mol. The van der Waals surface area contributed by atoms with Gasteiger partial charge in [-0.25, -0.2) is 0 Å². The lowest BCUT2D eigenvalue weighted by Gasteiger charge is -2.18. The second-order valence-electron chi connectivity index (χ2n) is 5.89. The molecule has 26 heavy (non-hydrogen) atoms. The summed E-state index contributed by atoms with van der Waals surface area (Å²) >= 11 is 0. The van der Waals surface area contributed by atoms with Crippen LogP contribution in [0.3, 0.4) is 0 Å². The number of nitrogens with one attached hydrogen (secondary N) is 2. The standard InChI is InChI=1S/C20H21N3O3/c1-14-11-18(23-26-14)22-20(24)19(16-8-4-3-5-9-16)21-13-15-7-6-10-17(12-15)25-2/h3-12,19,21H,13H2,1-2H3,(H,22,23,24). The highest BCUT2D eigenvalue weighted by Crippen LogP contribution is 2.18. The number of carbonyl (C=O) groups is 1.